The monoisotopic (exact) mass is 359 g/mol. The van der Waals surface area contributed by atoms with Gasteiger partial charge < -0.3 is 10.2 Å². The van der Waals surface area contributed by atoms with Gasteiger partial charge in [0.2, 0.25) is 5.88 Å². The molecule has 3 rings (SSSR count). The lowest BCUT2D eigenvalue weighted by molar-refractivity contribution is 0.413. The molecular formula is C21H17N3O3. The third-order valence-electron chi connectivity index (χ3n) is 4.22. The molecule has 0 radical (unpaired) electrons. The molecule has 1 aromatic heterocycles. The predicted molar refractivity (Wildman–Crippen MR) is 103 cm³/mol. The Balaban J connectivity index is 2.10. The maximum absolute atomic E-state index is 12.6. The van der Waals surface area contributed by atoms with Gasteiger partial charge in [-0.25, -0.2) is 0 Å². The Labute approximate surface area is 155 Å². The molecule has 27 heavy (non-hydrogen) atoms. The zero-order valence-electron chi connectivity index (χ0n) is 14.6. The van der Waals surface area contributed by atoms with Crippen LogP contribution < -0.4 is 5.56 Å². The maximum Gasteiger partial charge on any atom is 0.271 e. The molecule has 0 aliphatic carbocycles. The van der Waals surface area contributed by atoms with Crippen molar-refractivity contribution in [3.8, 4) is 17.7 Å². The first-order valence-corrected chi connectivity index (χ1v) is 8.24. The van der Waals surface area contributed by atoms with Crippen molar-refractivity contribution in [2.24, 2.45) is 4.99 Å². The van der Waals surface area contributed by atoms with E-state index in [4.69, 9.17) is 0 Å². The highest BCUT2D eigenvalue weighted by Gasteiger charge is 2.18. The minimum absolute atomic E-state index is 0.0316. The first kappa shape index (κ1) is 18.0. The van der Waals surface area contributed by atoms with Crippen LogP contribution in [0.2, 0.25) is 0 Å². The van der Waals surface area contributed by atoms with E-state index >= 15 is 0 Å². The van der Waals surface area contributed by atoms with Gasteiger partial charge >= 0.3 is 0 Å². The molecule has 2 aromatic carbocycles. The third-order valence-corrected chi connectivity index (χ3v) is 4.22. The van der Waals surface area contributed by atoms with E-state index in [0.717, 1.165) is 5.56 Å². The molecule has 6 nitrogen and oxygen atoms in total. The molecule has 0 aliphatic heterocycles. The summed E-state index contributed by atoms with van der Waals surface area (Å²) in [5, 5.41) is 29.4. The van der Waals surface area contributed by atoms with Crippen LogP contribution in [-0.2, 0) is 6.54 Å². The summed E-state index contributed by atoms with van der Waals surface area (Å²) in [5.41, 5.74) is 1.48. The molecule has 0 saturated heterocycles. The summed E-state index contributed by atoms with van der Waals surface area (Å²) in [6.45, 7) is 1.74. The first-order valence-electron chi connectivity index (χ1n) is 8.24. The van der Waals surface area contributed by atoms with Crippen LogP contribution in [0.5, 0.6) is 11.6 Å². The van der Waals surface area contributed by atoms with E-state index in [1.54, 1.807) is 19.1 Å². The molecule has 0 spiro atoms. The molecule has 6 heteroatoms. The standard InChI is InChI=1S/C21H17N3O3/c1-14-18(11-22)20(26)24(13-15-5-3-2-4-6-15)21(27)19(14)12-23-16-7-9-17(25)10-8-16/h2-10,12,25,27H,13H2,1H3. The summed E-state index contributed by atoms with van der Waals surface area (Å²) in [5.74, 6) is -0.126. The highest BCUT2D eigenvalue weighted by Crippen LogP contribution is 2.23. The van der Waals surface area contributed by atoms with Gasteiger partial charge in [-0.15, -0.1) is 0 Å². The Kier molecular flexibility index (Phi) is 5.04. The van der Waals surface area contributed by atoms with Gasteiger partial charge in [-0.1, -0.05) is 30.3 Å². The van der Waals surface area contributed by atoms with E-state index in [9.17, 15) is 20.3 Å². The molecule has 0 saturated carbocycles. The molecule has 0 unspecified atom stereocenters. The van der Waals surface area contributed by atoms with Crippen molar-refractivity contribution in [1.29, 1.82) is 5.26 Å². The second-order valence-corrected chi connectivity index (χ2v) is 6.00. The molecule has 2 N–H and O–H groups in total. The summed E-state index contributed by atoms with van der Waals surface area (Å²) < 4.78 is 1.17. The number of hydrogen-bond acceptors (Lipinski definition) is 5. The number of hydrogen-bond donors (Lipinski definition) is 2. The summed E-state index contributed by atoms with van der Waals surface area (Å²) in [4.78, 5) is 16.9. The minimum atomic E-state index is -0.543. The van der Waals surface area contributed by atoms with E-state index in [2.05, 4.69) is 4.99 Å². The van der Waals surface area contributed by atoms with Gasteiger partial charge in [-0.3, -0.25) is 14.4 Å². The Hall–Kier alpha value is -3.85. The Morgan fingerprint density at radius 1 is 1.11 bits per heavy atom. The van der Waals surface area contributed by atoms with Crippen LogP contribution in [0.3, 0.4) is 0 Å². The average molecular weight is 359 g/mol. The molecule has 0 bridgehead atoms. The maximum atomic E-state index is 12.6. The van der Waals surface area contributed by atoms with E-state index < -0.39 is 5.56 Å². The Morgan fingerprint density at radius 3 is 2.41 bits per heavy atom. The first-order chi connectivity index (χ1) is 13.0. The number of phenolic OH excluding ortho intramolecular Hbond substituents is 1. The normalized spacial score (nSPS) is 10.8. The SMILES string of the molecule is Cc1c(C=Nc2ccc(O)cc2)c(O)n(Cc2ccccc2)c(=O)c1C#N. The number of aromatic hydroxyl groups is 2. The molecular weight excluding hydrogens is 342 g/mol. The van der Waals surface area contributed by atoms with Gasteiger partial charge in [0, 0.05) is 6.21 Å². The lowest BCUT2D eigenvalue weighted by Crippen LogP contribution is -2.25. The number of benzene rings is 2. The quantitative estimate of drug-likeness (QED) is 0.699. The Bertz CT molecular complexity index is 1090. The summed E-state index contributed by atoms with van der Waals surface area (Å²) in [6, 6.07) is 17.3. The van der Waals surface area contributed by atoms with Gasteiger partial charge in [-0.2, -0.15) is 5.26 Å². The van der Waals surface area contributed by atoms with Gasteiger partial charge in [-0.05, 0) is 42.3 Å². The minimum Gasteiger partial charge on any atom is -0.508 e. The third kappa shape index (κ3) is 3.72. The fraction of sp³-hybridized carbons (Fsp3) is 0.0952. The number of aliphatic imine (C=N–C) groups is 1. The number of nitrogens with zero attached hydrogens (tertiary/aromatic N) is 3. The molecule has 3 aromatic rings. The van der Waals surface area contributed by atoms with E-state index in [1.165, 1.54) is 22.9 Å². The van der Waals surface area contributed by atoms with Crippen molar-refractivity contribution in [1.82, 2.24) is 4.57 Å². The smallest absolute Gasteiger partial charge is 0.271 e. The average Bonchev–Trinajstić information content (AvgIpc) is 2.68. The topological polar surface area (TPSA) is 98.6 Å². The fourth-order valence-corrected chi connectivity index (χ4v) is 2.72. The number of pyridine rings is 1. The lowest BCUT2D eigenvalue weighted by Gasteiger charge is -2.14. The molecule has 0 aliphatic rings. The van der Waals surface area contributed by atoms with Crippen LogP contribution in [0.15, 0.2) is 64.4 Å². The number of phenols is 1. The van der Waals surface area contributed by atoms with Gasteiger partial charge in [0.1, 0.15) is 17.4 Å². The van der Waals surface area contributed by atoms with Crippen LogP contribution in [0.1, 0.15) is 22.3 Å². The van der Waals surface area contributed by atoms with Crippen LogP contribution >= 0.6 is 0 Å². The van der Waals surface area contributed by atoms with Crippen molar-refractivity contribution in [3.05, 3.63) is 87.2 Å². The summed E-state index contributed by atoms with van der Waals surface area (Å²) in [6.07, 6.45) is 1.42. The van der Waals surface area contributed by atoms with E-state index in [-0.39, 0.29) is 23.7 Å². The zero-order chi connectivity index (χ0) is 19.4. The number of nitriles is 1. The molecule has 1 heterocycles. The van der Waals surface area contributed by atoms with Crippen LogP contribution in [-0.4, -0.2) is 21.0 Å². The van der Waals surface area contributed by atoms with Crippen LogP contribution in [0.4, 0.5) is 5.69 Å². The van der Waals surface area contributed by atoms with Gasteiger partial charge in [0.25, 0.3) is 5.56 Å². The zero-order valence-corrected chi connectivity index (χ0v) is 14.6. The fourth-order valence-electron chi connectivity index (χ4n) is 2.72. The van der Waals surface area contributed by atoms with Crippen molar-refractivity contribution >= 4 is 11.9 Å². The predicted octanol–water partition coefficient (Wildman–Crippen LogP) is 3.24. The number of rotatable bonds is 4. The summed E-state index contributed by atoms with van der Waals surface area (Å²) in [7, 11) is 0. The van der Waals surface area contributed by atoms with E-state index in [0.29, 0.717) is 16.8 Å². The van der Waals surface area contributed by atoms with Crippen LogP contribution in [0.25, 0.3) is 0 Å². The molecule has 0 atom stereocenters. The summed E-state index contributed by atoms with van der Waals surface area (Å²) >= 11 is 0. The largest absolute Gasteiger partial charge is 0.508 e. The molecule has 0 fully saturated rings. The van der Waals surface area contributed by atoms with E-state index in [1.807, 2.05) is 36.4 Å². The van der Waals surface area contributed by atoms with Crippen LogP contribution in [0, 0.1) is 18.3 Å². The Morgan fingerprint density at radius 2 is 1.78 bits per heavy atom. The molecule has 134 valence electrons. The molecule has 0 amide bonds. The second kappa shape index (κ2) is 7.58. The van der Waals surface area contributed by atoms with Crippen molar-refractivity contribution in [3.63, 3.8) is 0 Å². The highest BCUT2D eigenvalue weighted by atomic mass is 16.3. The lowest BCUT2D eigenvalue weighted by atomic mass is 10.1. The highest BCUT2D eigenvalue weighted by molar-refractivity contribution is 5.87. The van der Waals surface area contributed by atoms with Crippen molar-refractivity contribution < 1.29 is 10.2 Å². The van der Waals surface area contributed by atoms with Crippen molar-refractivity contribution in [2.75, 3.05) is 0 Å². The van der Waals surface area contributed by atoms with Gasteiger partial charge in [0.05, 0.1) is 17.8 Å². The number of aromatic nitrogens is 1. The van der Waals surface area contributed by atoms with Crippen molar-refractivity contribution in [2.45, 2.75) is 13.5 Å². The second-order valence-electron chi connectivity index (χ2n) is 6.00. The van der Waals surface area contributed by atoms with Gasteiger partial charge in [0.15, 0.2) is 0 Å².